The summed E-state index contributed by atoms with van der Waals surface area (Å²) < 4.78 is 1.63. The molecule has 0 aliphatic carbocycles. The summed E-state index contributed by atoms with van der Waals surface area (Å²) in [6.45, 7) is 1.97. The molecule has 1 aromatic carbocycles. The number of halogens is 1. The van der Waals surface area contributed by atoms with Crippen LogP contribution in [0.4, 0.5) is 0 Å². The highest BCUT2D eigenvalue weighted by atomic mass is 35.5. The maximum atomic E-state index is 11.6. The van der Waals surface area contributed by atoms with Crippen LogP contribution in [0.3, 0.4) is 0 Å². The standard InChI is InChI=1S/C15H13ClN4O/c1-9-4-5-18-13(6-9)20-12-3-2-10(8-16)7-11(12)14(19-20)15(17)21/h2-7H,8H2,1H3,(H2,17,21). The van der Waals surface area contributed by atoms with Gasteiger partial charge in [-0.15, -0.1) is 11.6 Å². The highest BCUT2D eigenvalue weighted by Crippen LogP contribution is 2.23. The van der Waals surface area contributed by atoms with Gasteiger partial charge in [0, 0.05) is 17.5 Å². The summed E-state index contributed by atoms with van der Waals surface area (Å²) in [4.78, 5) is 15.9. The Morgan fingerprint density at radius 2 is 2.14 bits per heavy atom. The molecule has 2 heterocycles. The van der Waals surface area contributed by atoms with Gasteiger partial charge in [0.2, 0.25) is 0 Å². The van der Waals surface area contributed by atoms with E-state index >= 15 is 0 Å². The Morgan fingerprint density at radius 3 is 2.81 bits per heavy atom. The number of aromatic nitrogens is 3. The van der Waals surface area contributed by atoms with Crippen LogP contribution < -0.4 is 5.73 Å². The molecule has 106 valence electrons. The number of alkyl halides is 1. The van der Waals surface area contributed by atoms with Crippen LogP contribution in [0.25, 0.3) is 16.7 Å². The fraction of sp³-hybridized carbons (Fsp3) is 0.133. The fourth-order valence-corrected chi connectivity index (χ4v) is 2.41. The van der Waals surface area contributed by atoms with Crippen LogP contribution in [-0.2, 0) is 5.88 Å². The second-order valence-corrected chi connectivity index (χ2v) is 5.07. The number of aryl methyl sites for hydroxylation is 1. The molecule has 0 atom stereocenters. The molecule has 0 aliphatic rings. The predicted molar refractivity (Wildman–Crippen MR) is 81.7 cm³/mol. The van der Waals surface area contributed by atoms with Crippen molar-refractivity contribution in [2.24, 2.45) is 5.73 Å². The molecule has 2 aromatic heterocycles. The smallest absolute Gasteiger partial charge is 0.269 e. The van der Waals surface area contributed by atoms with Gasteiger partial charge in [0.05, 0.1) is 5.52 Å². The molecular formula is C15H13ClN4O. The number of hydrogen-bond donors (Lipinski definition) is 1. The van der Waals surface area contributed by atoms with Crippen molar-refractivity contribution in [3.05, 3.63) is 53.3 Å². The van der Waals surface area contributed by atoms with Crippen molar-refractivity contribution in [1.82, 2.24) is 14.8 Å². The highest BCUT2D eigenvalue weighted by molar-refractivity contribution is 6.17. The zero-order valence-electron chi connectivity index (χ0n) is 11.4. The van der Waals surface area contributed by atoms with Gasteiger partial charge in [-0.05, 0) is 42.3 Å². The number of rotatable bonds is 3. The van der Waals surface area contributed by atoms with Crippen molar-refractivity contribution >= 4 is 28.4 Å². The minimum absolute atomic E-state index is 0.222. The van der Waals surface area contributed by atoms with Gasteiger partial charge in [-0.3, -0.25) is 4.79 Å². The van der Waals surface area contributed by atoms with E-state index < -0.39 is 5.91 Å². The van der Waals surface area contributed by atoms with Gasteiger partial charge in [-0.2, -0.15) is 5.10 Å². The number of carbonyl (C=O) groups is 1. The molecule has 0 spiro atoms. The Kier molecular flexibility index (Phi) is 3.35. The summed E-state index contributed by atoms with van der Waals surface area (Å²) >= 11 is 5.85. The molecule has 0 radical (unpaired) electrons. The lowest BCUT2D eigenvalue weighted by atomic mass is 10.1. The van der Waals surface area contributed by atoms with Gasteiger partial charge in [-0.1, -0.05) is 6.07 Å². The molecule has 0 saturated carbocycles. The molecule has 3 aromatic rings. The first-order valence-electron chi connectivity index (χ1n) is 6.40. The van der Waals surface area contributed by atoms with E-state index in [2.05, 4.69) is 10.1 Å². The highest BCUT2D eigenvalue weighted by Gasteiger charge is 2.16. The van der Waals surface area contributed by atoms with E-state index in [4.69, 9.17) is 17.3 Å². The van der Waals surface area contributed by atoms with E-state index in [-0.39, 0.29) is 5.69 Å². The zero-order chi connectivity index (χ0) is 15.0. The number of nitrogens with two attached hydrogens (primary N) is 1. The van der Waals surface area contributed by atoms with Gasteiger partial charge < -0.3 is 5.73 Å². The maximum absolute atomic E-state index is 11.6. The van der Waals surface area contributed by atoms with Gasteiger partial charge in [0.1, 0.15) is 0 Å². The molecule has 0 unspecified atom stereocenters. The van der Waals surface area contributed by atoms with Gasteiger partial charge in [0.25, 0.3) is 5.91 Å². The Bertz CT molecular complexity index is 841. The quantitative estimate of drug-likeness (QED) is 0.755. The number of nitrogens with zero attached hydrogens (tertiary/aromatic N) is 3. The van der Waals surface area contributed by atoms with Crippen LogP contribution in [0.1, 0.15) is 21.6 Å². The molecule has 0 saturated heterocycles. The van der Waals surface area contributed by atoms with Gasteiger partial charge in [0.15, 0.2) is 11.5 Å². The number of pyridine rings is 1. The van der Waals surface area contributed by atoms with E-state index in [1.54, 1.807) is 10.9 Å². The van der Waals surface area contributed by atoms with Gasteiger partial charge in [-0.25, -0.2) is 9.67 Å². The molecule has 2 N–H and O–H groups in total. The second kappa shape index (κ2) is 5.18. The zero-order valence-corrected chi connectivity index (χ0v) is 12.1. The van der Waals surface area contributed by atoms with Crippen LogP contribution in [0, 0.1) is 6.92 Å². The number of benzene rings is 1. The Morgan fingerprint density at radius 1 is 1.33 bits per heavy atom. The lowest BCUT2D eigenvalue weighted by Crippen LogP contribution is -2.12. The van der Waals surface area contributed by atoms with E-state index in [1.807, 2.05) is 37.3 Å². The van der Waals surface area contributed by atoms with Crippen LogP contribution >= 0.6 is 11.6 Å². The average Bonchev–Trinajstić information content (AvgIpc) is 2.86. The lowest BCUT2D eigenvalue weighted by Gasteiger charge is -2.03. The molecule has 0 bridgehead atoms. The van der Waals surface area contributed by atoms with E-state index in [9.17, 15) is 4.79 Å². The van der Waals surface area contributed by atoms with Crippen molar-refractivity contribution in [3.63, 3.8) is 0 Å². The average molecular weight is 301 g/mol. The first kappa shape index (κ1) is 13.6. The molecular weight excluding hydrogens is 288 g/mol. The van der Waals surface area contributed by atoms with Crippen molar-refractivity contribution < 1.29 is 4.79 Å². The first-order valence-corrected chi connectivity index (χ1v) is 6.94. The summed E-state index contributed by atoms with van der Waals surface area (Å²) in [7, 11) is 0. The summed E-state index contributed by atoms with van der Waals surface area (Å²) in [5.74, 6) is 0.436. The van der Waals surface area contributed by atoms with E-state index in [0.717, 1.165) is 16.6 Å². The Hall–Kier alpha value is -2.40. The van der Waals surface area contributed by atoms with Crippen molar-refractivity contribution in [1.29, 1.82) is 0 Å². The van der Waals surface area contributed by atoms with Crippen molar-refractivity contribution in [3.8, 4) is 5.82 Å². The molecule has 21 heavy (non-hydrogen) atoms. The summed E-state index contributed by atoms with van der Waals surface area (Å²) in [6, 6.07) is 9.40. The SMILES string of the molecule is Cc1ccnc(-n2nc(C(N)=O)c3cc(CCl)ccc32)c1. The van der Waals surface area contributed by atoms with E-state index in [1.165, 1.54) is 0 Å². The summed E-state index contributed by atoms with van der Waals surface area (Å²) in [6.07, 6.45) is 1.70. The number of primary amides is 1. The number of fused-ring (bicyclic) bond motifs is 1. The van der Waals surface area contributed by atoms with E-state index in [0.29, 0.717) is 17.1 Å². The largest absolute Gasteiger partial charge is 0.364 e. The molecule has 3 rings (SSSR count). The number of amides is 1. The lowest BCUT2D eigenvalue weighted by molar-refractivity contribution is 0.0996. The fourth-order valence-electron chi connectivity index (χ4n) is 2.24. The molecule has 6 heteroatoms. The minimum atomic E-state index is -0.571. The summed E-state index contributed by atoms with van der Waals surface area (Å²) in [5.41, 5.74) is 8.38. The Balaban J connectivity index is 2.31. The molecule has 5 nitrogen and oxygen atoms in total. The summed E-state index contributed by atoms with van der Waals surface area (Å²) in [5, 5.41) is 5.00. The van der Waals surface area contributed by atoms with Crippen LogP contribution in [0.2, 0.25) is 0 Å². The van der Waals surface area contributed by atoms with Crippen LogP contribution in [0.15, 0.2) is 36.5 Å². The van der Waals surface area contributed by atoms with Crippen LogP contribution in [-0.4, -0.2) is 20.7 Å². The van der Waals surface area contributed by atoms with Crippen LogP contribution in [0.5, 0.6) is 0 Å². The molecule has 1 amide bonds. The first-order chi connectivity index (χ1) is 10.1. The van der Waals surface area contributed by atoms with Crippen molar-refractivity contribution in [2.45, 2.75) is 12.8 Å². The minimum Gasteiger partial charge on any atom is -0.364 e. The monoisotopic (exact) mass is 300 g/mol. The third-order valence-electron chi connectivity index (χ3n) is 3.25. The second-order valence-electron chi connectivity index (χ2n) is 4.80. The normalized spacial score (nSPS) is 11.0. The van der Waals surface area contributed by atoms with Gasteiger partial charge >= 0.3 is 0 Å². The molecule has 0 fully saturated rings. The predicted octanol–water partition coefficient (Wildman–Crippen LogP) is 2.57. The maximum Gasteiger partial charge on any atom is 0.269 e. The third kappa shape index (κ3) is 2.36. The third-order valence-corrected chi connectivity index (χ3v) is 3.56. The number of carbonyl (C=O) groups excluding carboxylic acids is 1. The number of hydrogen-bond acceptors (Lipinski definition) is 3. The molecule has 0 aliphatic heterocycles. The van der Waals surface area contributed by atoms with Crippen molar-refractivity contribution in [2.75, 3.05) is 0 Å². The topological polar surface area (TPSA) is 73.8 Å². The Labute approximate surface area is 126 Å².